The van der Waals surface area contributed by atoms with E-state index in [2.05, 4.69) is 19.9 Å². The molecule has 0 fully saturated rings. The van der Waals surface area contributed by atoms with Gasteiger partial charge in [0.05, 0.1) is 18.6 Å². The van der Waals surface area contributed by atoms with Gasteiger partial charge >= 0.3 is 0 Å². The SMILES string of the molecule is CS(=O)(=O)Nc1ccc(-c2cnc(CCc3c(F)ccc4c3CCO4)n3cnnc23)cc1F. The van der Waals surface area contributed by atoms with Crippen molar-refractivity contribution in [1.29, 1.82) is 0 Å². The number of aromatic nitrogens is 4. The molecule has 0 spiro atoms. The van der Waals surface area contributed by atoms with Crippen LogP contribution >= 0.6 is 0 Å². The minimum atomic E-state index is -3.61. The Morgan fingerprint density at radius 3 is 2.79 bits per heavy atom. The number of rotatable bonds is 6. The predicted octanol–water partition coefficient (Wildman–Crippen LogP) is 3.16. The summed E-state index contributed by atoms with van der Waals surface area (Å²) in [6, 6.07) is 7.20. The van der Waals surface area contributed by atoms with Gasteiger partial charge in [0.15, 0.2) is 5.65 Å². The summed E-state index contributed by atoms with van der Waals surface area (Å²) in [6.07, 6.45) is 5.56. The number of ether oxygens (including phenoxy) is 1. The van der Waals surface area contributed by atoms with Gasteiger partial charge in [-0.15, -0.1) is 10.2 Å². The smallest absolute Gasteiger partial charge is 0.229 e. The molecule has 1 aliphatic rings. The highest BCUT2D eigenvalue weighted by Gasteiger charge is 2.20. The van der Waals surface area contributed by atoms with Crippen LogP contribution in [0.4, 0.5) is 14.5 Å². The van der Waals surface area contributed by atoms with Gasteiger partial charge in [0.1, 0.15) is 29.5 Å². The number of halogens is 2. The highest BCUT2D eigenvalue weighted by molar-refractivity contribution is 7.92. The first kappa shape index (κ1) is 21.3. The molecule has 2 aromatic carbocycles. The first-order valence-corrected chi connectivity index (χ1v) is 12.1. The van der Waals surface area contributed by atoms with Crippen LogP contribution in [0.25, 0.3) is 16.8 Å². The van der Waals surface area contributed by atoms with Gasteiger partial charge in [-0.25, -0.2) is 22.2 Å². The van der Waals surface area contributed by atoms with Crippen LogP contribution in [0.2, 0.25) is 0 Å². The maximum absolute atomic E-state index is 14.5. The van der Waals surface area contributed by atoms with Crippen molar-refractivity contribution in [3.63, 3.8) is 0 Å². The summed E-state index contributed by atoms with van der Waals surface area (Å²) < 4.78 is 61.1. The predicted molar refractivity (Wildman–Crippen MR) is 118 cm³/mol. The lowest BCUT2D eigenvalue weighted by atomic mass is 10.00. The summed E-state index contributed by atoms with van der Waals surface area (Å²) in [5.74, 6) is 0.356. The lowest BCUT2D eigenvalue weighted by molar-refractivity contribution is 0.356. The topological polar surface area (TPSA) is 98.5 Å². The first-order chi connectivity index (χ1) is 15.8. The van der Waals surface area contributed by atoms with E-state index in [0.29, 0.717) is 54.0 Å². The Labute approximate surface area is 188 Å². The van der Waals surface area contributed by atoms with E-state index in [1.165, 1.54) is 24.5 Å². The zero-order valence-electron chi connectivity index (χ0n) is 17.5. The molecule has 2 aromatic heterocycles. The molecule has 0 atom stereocenters. The second-order valence-corrected chi connectivity index (χ2v) is 9.53. The van der Waals surface area contributed by atoms with E-state index in [1.54, 1.807) is 22.7 Å². The highest BCUT2D eigenvalue weighted by atomic mass is 32.2. The summed E-state index contributed by atoms with van der Waals surface area (Å²) in [5, 5.41) is 8.10. The zero-order valence-corrected chi connectivity index (χ0v) is 18.4. The molecular formula is C22H19F2N5O3S. The van der Waals surface area contributed by atoms with Crippen molar-refractivity contribution in [3.8, 4) is 16.9 Å². The van der Waals surface area contributed by atoms with Crippen molar-refractivity contribution in [1.82, 2.24) is 19.6 Å². The van der Waals surface area contributed by atoms with E-state index < -0.39 is 15.8 Å². The van der Waals surface area contributed by atoms with Crippen molar-refractivity contribution >= 4 is 21.4 Å². The van der Waals surface area contributed by atoms with Crippen LogP contribution in [-0.4, -0.2) is 40.9 Å². The van der Waals surface area contributed by atoms with Gasteiger partial charge in [-0.3, -0.25) is 9.12 Å². The van der Waals surface area contributed by atoms with Gasteiger partial charge in [-0.2, -0.15) is 0 Å². The monoisotopic (exact) mass is 471 g/mol. The summed E-state index contributed by atoms with van der Waals surface area (Å²) in [7, 11) is -3.61. The molecule has 0 aliphatic carbocycles. The molecular weight excluding hydrogens is 452 g/mol. The Morgan fingerprint density at radius 1 is 1.15 bits per heavy atom. The number of aryl methyl sites for hydroxylation is 1. The highest BCUT2D eigenvalue weighted by Crippen LogP contribution is 2.31. The summed E-state index contributed by atoms with van der Waals surface area (Å²) in [6.45, 7) is 0.545. The van der Waals surface area contributed by atoms with Crippen LogP contribution in [-0.2, 0) is 29.3 Å². The molecule has 0 radical (unpaired) electrons. The standard InChI is InChI=1S/C22H19F2N5O3S/c1-33(30,31)28-19-5-2-13(10-18(19)24)16-11-25-21(29-12-26-27-22(16)29)7-3-14-15-8-9-32-20(15)6-4-17(14)23/h2,4-6,10-12,28H,3,7-9H2,1H3. The molecule has 3 heterocycles. The van der Waals surface area contributed by atoms with Gasteiger partial charge in [-0.05, 0) is 41.8 Å². The first-order valence-electron chi connectivity index (χ1n) is 10.2. The number of nitrogens with zero attached hydrogens (tertiary/aromatic N) is 4. The fourth-order valence-corrected chi connectivity index (χ4v) is 4.61. The molecule has 0 amide bonds. The van der Waals surface area contributed by atoms with Gasteiger partial charge in [0, 0.05) is 30.2 Å². The van der Waals surface area contributed by atoms with Crippen molar-refractivity contribution in [3.05, 3.63) is 71.4 Å². The number of fused-ring (bicyclic) bond motifs is 2. The summed E-state index contributed by atoms with van der Waals surface area (Å²) in [4.78, 5) is 4.50. The van der Waals surface area contributed by atoms with Gasteiger partial charge in [0.2, 0.25) is 10.0 Å². The largest absolute Gasteiger partial charge is 0.493 e. The second kappa shape index (κ2) is 8.07. The van der Waals surface area contributed by atoms with Crippen molar-refractivity contribution < 1.29 is 21.9 Å². The quantitative estimate of drug-likeness (QED) is 0.464. The van der Waals surface area contributed by atoms with Crippen LogP contribution in [0.15, 0.2) is 42.9 Å². The fourth-order valence-electron chi connectivity index (χ4n) is 4.04. The molecule has 11 heteroatoms. The van der Waals surface area contributed by atoms with Crippen LogP contribution in [0, 0.1) is 11.6 Å². The van der Waals surface area contributed by atoms with Gasteiger partial charge in [0.25, 0.3) is 0 Å². The Kier molecular flexibility index (Phi) is 5.20. The number of sulfonamides is 1. The molecule has 0 bridgehead atoms. The summed E-state index contributed by atoms with van der Waals surface area (Å²) >= 11 is 0. The van der Waals surface area contributed by atoms with E-state index in [4.69, 9.17) is 4.74 Å². The number of nitrogens with one attached hydrogen (secondary N) is 1. The lowest BCUT2D eigenvalue weighted by Gasteiger charge is -2.11. The minimum Gasteiger partial charge on any atom is -0.493 e. The fraction of sp³-hybridized carbons (Fsp3) is 0.227. The molecule has 8 nitrogen and oxygen atoms in total. The average molecular weight is 471 g/mol. The maximum atomic E-state index is 14.5. The van der Waals surface area contributed by atoms with Crippen molar-refractivity contribution in [2.45, 2.75) is 19.3 Å². The molecule has 5 rings (SSSR count). The van der Waals surface area contributed by atoms with E-state index in [0.717, 1.165) is 17.6 Å². The lowest BCUT2D eigenvalue weighted by Crippen LogP contribution is -2.11. The number of benzene rings is 2. The van der Waals surface area contributed by atoms with Crippen LogP contribution < -0.4 is 9.46 Å². The minimum absolute atomic E-state index is 0.148. The number of hydrogen-bond donors (Lipinski definition) is 1. The molecule has 0 saturated heterocycles. The molecule has 1 N–H and O–H groups in total. The Balaban J connectivity index is 1.46. The average Bonchev–Trinajstić information content (AvgIpc) is 3.43. The van der Waals surface area contributed by atoms with E-state index in [-0.39, 0.29) is 11.5 Å². The van der Waals surface area contributed by atoms with E-state index in [9.17, 15) is 17.2 Å². The third kappa shape index (κ3) is 4.11. The van der Waals surface area contributed by atoms with Crippen molar-refractivity contribution in [2.24, 2.45) is 0 Å². The van der Waals surface area contributed by atoms with E-state index >= 15 is 0 Å². The normalized spacial score (nSPS) is 13.2. The van der Waals surface area contributed by atoms with Crippen LogP contribution in [0.5, 0.6) is 5.75 Å². The maximum Gasteiger partial charge on any atom is 0.229 e. The van der Waals surface area contributed by atoms with Crippen LogP contribution in [0.3, 0.4) is 0 Å². The third-order valence-electron chi connectivity index (χ3n) is 5.52. The Morgan fingerprint density at radius 2 is 2.00 bits per heavy atom. The zero-order chi connectivity index (χ0) is 23.2. The Bertz CT molecular complexity index is 1490. The Hall–Kier alpha value is -3.60. The molecule has 0 saturated carbocycles. The van der Waals surface area contributed by atoms with Gasteiger partial charge < -0.3 is 4.74 Å². The molecule has 170 valence electrons. The molecule has 4 aromatic rings. The number of anilines is 1. The van der Waals surface area contributed by atoms with E-state index in [1.807, 2.05) is 0 Å². The van der Waals surface area contributed by atoms with Crippen LogP contribution in [0.1, 0.15) is 17.0 Å². The van der Waals surface area contributed by atoms with Gasteiger partial charge in [-0.1, -0.05) is 6.07 Å². The molecule has 0 unspecified atom stereocenters. The second-order valence-electron chi connectivity index (χ2n) is 7.78. The summed E-state index contributed by atoms with van der Waals surface area (Å²) in [5.41, 5.74) is 2.82. The molecule has 33 heavy (non-hydrogen) atoms. The number of hydrogen-bond acceptors (Lipinski definition) is 6. The molecule has 1 aliphatic heterocycles. The van der Waals surface area contributed by atoms with Crippen molar-refractivity contribution in [2.75, 3.05) is 17.6 Å². The third-order valence-corrected chi connectivity index (χ3v) is 6.11.